The molecule has 0 unspecified atom stereocenters. The lowest BCUT2D eigenvalue weighted by atomic mass is 10.2. The van der Waals surface area contributed by atoms with E-state index in [4.69, 9.17) is 16.7 Å². The Balaban J connectivity index is 2.10. The summed E-state index contributed by atoms with van der Waals surface area (Å²) in [5, 5.41) is 9.62. The predicted molar refractivity (Wildman–Crippen MR) is 86.8 cm³/mol. The van der Waals surface area contributed by atoms with Gasteiger partial charge in [0.2, 0.25) is 0 Å². The van der Waals surface area contributed by atoms with Crippen molar-refractivity contribution in [1.29, 1.82) is 0 Å². The van der Waals surface area contributed by atoms with Crippen molar-refractivity contribution in [3.8, 4) is 0 Å². The minimum Gasteiger partial charge on any atom is -0.480 e. The Bertz CT molecular complexity index is 626. The lowest BCUT2D eigenvalue weighted by molar-refractivity contribution is -0.135. The molecule has 0 aliphatic rings. The molecule has 2 rings (SSSR count). The molecule has 0 spiro atoms. The zero-order valence-electron chi connectivity index (χ0n) is 11.4. The van der Waals surface area contributed by atoms with Crippen molar-refractivity contribution in [3.05, 3.63) is 71.3 Å². The molecule has 0 radical (unpaired) electrons. The summed E-state index contributed by atoms with van der Waals surface area (Å²) in [4.78, 5) is 12.8. The fourth-order valence-electron chi connectivity index (χ4n) is 1.98. The van der Waals surface area contributed by atoms with Crippen LogP contribution < -0.4 is 4.90 Å². The fourth-order valence-corrected chi connectivity index (χ4v) is 2.16. The number of rotatable bonds is 6. The van der Waals surface area contributed by atoms with Crippen molar-refractivity contribution >= 4 is 29.3 Å². The lowest BCUT2D eigenvalue weighted by Crippen LogP contribution is -2.29. The molecule has 0 amide bonds. The van der Waals surface area contributed by atoms with Crippen molar-refractivity contribution in [2.45, 2.75) is 0 Å². The molecule has 2 aromatic rings. The van der Waals surface area contributed by atoms with E-state index in [0.29, 0.717) is 11.6 Å². The second-order valence-electron chi connectivity index (χ2n) is 4.57. The molecule has 0 saturated carbocycles. The number of halogens is 1. The van der Waals surface area contributed by atoms with Gasteiger partial charge in [0.1, 0.15) is 6.54 Å². The van der Waals surface area contributed by atoms with E-state index in [1.807, 2.05) is 54.6 Å². The normalized spacial score (nSPS) is 10.7. The van der Waals surface area contributed by atoms with Crippen LogP contribution in [0.5, 0.6) is 0 Å². The van der Waals surface area contributed by atoms with Crippen LogP contribution >= 0.6 is 11.6 Å². The Labute approximate surface area is 129 Å². The molecule has 3 nitrogen and oxygen atoms in total. The Morgan fingerprint density at radius 1 is 1.14 bits per heavy atom. The van der Waals surface area contributed by atoms with E-state index in [1.165, 1.54) is 0 Å². The number of benzene rings is 2. The molecule has 2 aromatic carbocycles. The monoisotopic (exact) mass is 301 g/mol. The van der Waals surface area contributed by atoms with Gasteiger partial charge in [0.25, 0.3) is 0 Å². The maximum atomic E-state index is 11.0. The molecule has 0 fully saturated rings. The van der Waals surface area contributed by atoms with Crippen molar-refractivity contribution in [2.75, 3.05) is 18.0 Å². The fraction of sp³-hybridized carbons (Fsp3) is 0.118. The first-order valence-corrected chi connectivity index (χ1v) is 6.97. The van der Waals surface area contributed by atoms with Gasteiger partial charge in [-0.1, -0.05) is 60.2 Å². The largest absolute Gasteiger partial charge is 0.480 e. The quantitative estimate of drug-likeness (QED) is 0.878. The van der Waals surface area contributed by atoms with Gasteiger partial charge in [-0.3, -0.25) is 4.79 Å². The van der Waals surface area contributed by atoms with Gasteiger partial charge < -0.3 is 10.0 Å². The Hall–Kier alpha value is -2.26. The molecule has 0 aromatic heterocycles. The van der Waals surface area contributed by atoms with Gasteiger partial charge in [0.15, 0.2) is 0 Å². The van der Waals surface area contributed by atoms with Crippen LogP contribution in [0.1, 0.15) is 5.56 Å². The summed E-state index contributed by atoms with van der Waals surface area (Å²) in [6.45, 7) is 0.432. The third kappa shape index (κ3) is 4.97. The highest BCUT2D eigenvalue weighted by atomic mass is 35.5. The summed E-state index contributed by atoms with van der Waals surface area (Å²) in [6.07, 6.45) is 3.92. The second kappa shape index (κ2) is 7.50. The van der Waals surface area contributed by atoms with E-state index in [-0.39, 0.29) is 6.54 Å². The minimum atomic E-state index is -0.872. The number of hydrogen-bond acceptors (Lipinski definition) is 2. The molecule has 0 aliphatic heterocycles. The van der Waals surface area contributed by atoms with Crippen LogP contribution in [-0.2, 0) is 4.79 Å². The number of anilines is 1. The number of carboxylic acid groups (broad SMARTS) is 1. The van der Waals surface area contributed by atoms with Crippen LogP contribution in [0.25, 0.3) is 6.08 Å². The van der Waals surface area contributed by atoms with Crippen molar-refractivity contribution < 1.29 is 9.90 Å². The highest BCUT2D eigenvalue weighted by Crippen LogP contribution is 2.19. The first-order chi connectivity index (χ1) is 10.1. The summed E-state index contributed by atoms with van der Waals surface area (Å²) in [6, 6.07) is 17.1. The van der Waals surface area contributed by atoms with E-state index >= 15 is 0 Å². The molecule has 0 atom stereocenters. The highest BCUT2D eigenvalue weighted by Gasteiger charge is 2.09. The third-order valence-corrected chi connectivity index (χ3v) is 3.17. The second-order valence-corrected chi connectivity index (χ2v) is 5.00. The summed E-state index contributed by atoms with van der Waals surface area (Å²) in [7, 11) is 0. The summed E-state index contributed by atoms with van der Waals surface area (Å²) < 4.78 is 0. The van der Waals surface area contributed by atoms with E-state index in [0.717, 1.165) is 11.3 Å². The van der Waals surface area contributed by atoms with Gasteiger partial charge in [0.05, 0.1) is 0 Å². The molecular formula is C17H16ClNO2. The molecule has 108 valence electrons. The van der Waals surface area contributed by atoms with E-state index in [1.54, 1.807) is 17.0 Å². The zero-order chi connectivity index (χ0) is 15.1. The number of carbonyl (C=O) groups is 1. The molecule has 1 N–H and O–H groups in total. The topological polar surface area (TPSA) is 40.5 Å². The van der Waals surface area contributed by atoms with Crippen molar-refractivity contribution in [2.24, 2.45) is 0 Å². The summed E-state index contributed by atoms with van der Waals surface area (Å²) >= 11 is 5.96. The smallest absolute Gasteiger partial charge is 0.323 e. The van der Waals surface area contributed by atoms with Gasteiger partial charge in [-0.25, -0.2) is 0 Å². The SMILES string of the molecule is O=C(O)CN(C/C=C/c1ccccc1)c1cccc(Cl)c1. The van der Waals surface area contributed by atoms with Crippen LogP contribution in [0, 0.1) is 0 Å². The molecule has 0 saturated heterocycles. The summed E-state index contributed by atoms with van der Waals surface area (Å²) in [5.41, 5.74) is 1.88. The molecule has 0 aliphatic carbocycles. The zero-order valence-corrected chi connectivity index (χ0v) is 12.2. The summed E-state index contributed by atoms with van der Waals surface area (Å²) in [5.74, 6) is -0.872. The molecule has 0 bridgehead atoms. The first kappa shape index (κ1) is 15.1. The predicted octanol–water partition coefficient (Wildman–Crippen LogP) is 3.94. The van der Waals surface area contributed by atoms with Crippen molar-refractivity contribution in [3.63, 3.8) is 0 Å². The molecular weight excluding hydrogens is 286 g/mol. The van der Waals surface area contributed by atoms with Gasteiger partial charge in [-0.15, -0.1) is 0 Å². The van der Waals surface area contributed by atoms with Crippen LogP contribution in [0.2, 0.25) is 5.02 Å². The van der Waals surface area contributed by atoms with Gasteiger partial charge in [-0.05, 0) is 23.8 Å². The first-order valence-electron chi connectivity index (χ1n) is 6.59. The number of carboxylic acids is 1. The molecule has 0 heterocycles. The van der Waals surface area contributed by atoms with Crippen LogP contribution in [0.4, 0.5) is 5.69 Å². The number of aliphatic carboxylic acids is 1. The van der Waals surface area contributed by atoms with Crippen molar-refractivity contribution in [1.82, 2.24) is 0 Å². The van der Waals surface area contributed by atoms with Crippen LogP contribution in [0.15, 0.2) is 60.7 Å². The average molecular weight is 302 g/mol. The average Bonchev–Trinajstić information content (AvgIpc) is 2.47. The molecule has 21 heavy (non-hydrogen) atoms. The Morgan fingerprint density at radius 2 is 1.90 bits per heavy atom. The van der Waals surface area contributed by atoms with Crippen LogP contribution in [0.3, 0.4) is 0 Å². The maximum absolute atomic E-state index is 11.0. The van der Waals surface area contributed by atoms with E-state index in [2.05, 4.69) is 0 Å². The maximum Gasteiger partial charge on any atom is 0.323 e. The lowest BCUT2D eigenvalue weighted by Gasteiger charge is -2.21. The van der Waals surface area contributed by atoms with Gasteiger partial charge in [-0.2, -0.15) is 0 Å². The molecule has 4 heteroatoms. The standard InChI is InChI=1S/C17H16ClNO2/c18-15-9-4-10-16(12-15)19(13-17(20)21)11-5-8-14-6-2-1-3-7-14/h1-10,12H,11,13H2,(H,20,21)/b8-5+. The van der Waals surface area contributed by atoms with E-state index < -0.39 is 5.97 Å². The number of nitrogens with zero attached hydrogens (tertiary/aromatic N) is 1. The van der Waals surface area contributed by atoms with E-state index in [9.17, 15) is 4.79 Å². The highest BCUT2D eigenvalue weighted by molar-refractivity contribution is 6.30. The Morgan fingerprint density at radius 3 is 2.57 bits per heavy atom. The van der Waals surface area contributed by atoms with Crippen LogP contribution in [-0.4, -0.2) is 24.2 Å². The third-order valence-electron chi connectivity index (χ3n) is 2.94. The van der Waals surface area contributed by atoms with Gasteiger partial charge >= 0.3 is 5.97 Å². The Kier molecular flexibility index (Phi) is 5.41. The number of hydrogen-bond donors (Lipinski definition) is 1. The van der Waals surface area contributed by atoms with Gasteiger partial charge in [0, 0.05) is 17.3 Å². The minimum absolute atomic E-state index is 0.0700.